The van der Waals surface area contributed by atoms with Crippen molar-refractivity contribution in [3.05, 3.63) is 164 Å². The third kappa shape index (κ3) is 3.64. The van der Waals surface area contributed by atoms with Crippen molar-refractivity contribution in [2.75, 3.05) is 0 Å². The van der Waals surface area contributed by atoms with E-state index < -0.39 is 0 Å². The molecule has 5 aromatic heterocycles. The molecule has 0 saturated heterocycles. The van der Waals surface area contributed by atoms with E-state index in [-0.39, 0.29) is 0 Å². The SMILES string of the molecule is c1cc(-n2c3ccccc3c3cnccc32)nc(-n2c3ccccc3c3c4c5ccccc5n(-c5ccc6ccccc6c5)c4ccc32)c1. The normalized spacial score (nSPS) is 12.1. The third-order valence-electron chi connectivity index (χ3n) is 10.1. The summed E-state index contributed by atoms with van der Waals surface area (Å²) in [5.74, 6) is 1.75. The fourth-order valence-corrected chi connectivity index (χ4v) is 8.08. The first-order chi connectivity index (χ1) is 24.3. The Morgan fingerprint density at radius 3 is 1.65 bits per heavy atom. The van der Waals surface area contributed by atoms with Crippen LogP contribution in [0.2, 0.25) is 0 Å². The molecule has 0 unspecified atom stereocenters. The van der Waals surface area contributed by atoms with Crippen LogP contribution < -0.4 is 0 Å². The highest BCUT2D eigenvalue weighted by molar-refractivity contribution is 6.29. The van der Waals surface area contributed by atoms with Crippen LogP contribution in [-0.4, -0.2) is 23.7 Å². The summed E-state index contributed by atoms with van der Waals surface area (Å²) in [4.78, 5) is 9.82. The Hall–Kier alpha value is -6.72. The zero-order valence-corrected chi connectivity index (χ0v) is 26.3. The van der Waals surface area contributed by atoms with E-state index in [4.69, 9.17) is 4.98 Å². The molecular formula is C44H27N5. The highest BCUT2D eigenvalue weighted by Crippen LogP contribution is 2.42. The number of aromatic nitrogens is 5. The first kappa shape index (κ1) is 26.4. The molecule has 0 radical (unpaired) electrons. The second kappa shape index (κ2) is 9.89. The van der Waals surface area contributed by atoms with Crippen molar-refractivity contribution < 1.29 is 0 Å². The predicted octanol–water partition coefficient (Wildman–Crippen LogP) is 10.9. The molecule has 5 heterocycles. The molecule has 49 heavy (non-hydrogen) atoms. The van der Waals surface area contributed by atoms with Crippen LogP contribution >= 0.6 is 0 Å². The molecule has 0 atom stereocenters. The van der Waals surface area contributed by atoms with E-state index in [2.05, 4.69) is 170 Å². The third-order valence-corrected chi connectivity index (χ3v) is 10.1. The van der Waals surface area contributed by atoms with Crippen LogP contribution in [0.3, 0.4) is 0 Å². The molecule has 0 aliphatic heterocycles. The van der Waals surface area contributed by atoms with Gasteiger partial charge in [0.2, 0.25) is 0 Å². The summed E-state index contributed by atoms with van der Waals surface area (Å²) < 4.78 is 6.99. The average Bonchev–Trinajstić information content (AvgIpc) is 3.80. The first-order valence-electron chi connectivity index (χ1n) is 16.6. The molecule has 0 aliphatic rings. The number of benzene rings is 6. The molecule has 0 saturated carbocycles. The van der Waals surface area contributed by atoms with Crippen molar-refractivity contribution in [3.63, 3.8) is 0 Å². The van der Waals surface area contributed by atoms with Crippen LogP contribution in [0.1, 0.15) is 0 Å². The maximum Gasteiger partial charge on any atom is 0.140 e. The monoisotopic (exact) mass is 625 g/mol. The molecule has 0 fully saturated rings. The van der Waals surface area contributed by atoms with Gasteiger partial charge in [-0.2, -0.15) is 0 Å². The molecule has 0 amide bonds. The van der Waals surface area contributed by atoms with Crippen molar-refractivity contribution in [1.82, 2.24) is 23.7 Å². The number of para-hydroxylation sites is 3. The van der Waals surface area contributed by atoms with E-state index in [9.17, 15) is 0 Å². The lowest BCUT2D eigenvalue weighted by atomic mass is 10.1. The molecule has 0 aliphatic carbocycles. The van der Waals surface area contributed by atoms with E-state index in [1.54, 1.807) is 0 Å². The molecule has 5 nitrogen and oxygen atoms in total. The van der Waals surface area contributed by atoms with Gasteiger partial charge in [0.15, 0.2) is 0 Å². The van der Waals surface area contributed by atoms with Gasteiger partial charge in [-0.25, -0.2) is 4.98 Å². The highest BCUT2D eigenvalue weighted by Gasteiger charge is 2.21. The Kier molecular flexibility index (Phi) is 5.32. The zero-order valence-electron chi connectivity index (χ0n) is 26.3. The van der Waals surface area contributed by atoms with Crippen LogP contribution in [0.25, 0.3) is 93.5 Å². The van der Waals surface area contributed by atoms with Gasteiger partial charge in [-0.3, -0.25) is 14.1 Å². The molecule has 0 spiro atoms. The van der Waals surface area contributed by atoms with Gasteiger partial charge in [-0.05, 0) is 71.4 Å². The lowest BCUT2D eigenvalue weighted by molar-refractivity contribution is 1.01. The summed E-state index contributed by atoms with van der Waals surface area (Å²) in [5, 5.41) is 9.69. The summed E-state index contributed by atoms with van der Waals surface area (Å²) in [7, 11) is 0. The van der Waals surface area contributed by atoms with E-state index in [1.807, 2.05) is 12.4 Å². The number of rotatable bonds is 3. The fraction of sp³-hybridized carbons (Fsp3) is 0. The second-order valence-electron chi connectivity index (χ2n) is 12.7. The lowest BCUT2D eigenvalue weighted by Gasteiger charge is -2.12. The minimum absolute atomic E-state index is 0.870. The van der Waals surface area contributed by atoms with Crippen molar-refractivity contribution in [2.24, 2.45) is 0 Å². The molecular weight excluding hydrogens is 599 g/mol. The minimum Gasteiger partial charge on any atom is -0.309 e. The van der Waals surface area contributed by atoms with Crippen LogP contribution in [0.15, 0.2) is 164 Å². The largest absolute Gasteiger partial charge is 0.309 e. The van der Waals surface area contributed by atoms with Gasteiger partial charge in [0.25, 0.3) is 0 Å². The Labute approximate surface area is 280 Å². The summed E-state index contributed by atoms with van der Waals surface area (Å²) in [6.07, 6.45) is 3.80. The highest BCUT2D eigenvalue weighted by atomic mass is 15.1. The Morgan fingerprint density at radius 1 is 0.367 bits per heavy atom. The van der Waals surface area contributed by atoms with Crippen molar-refractivity contribution >= 4 is 76.2 Å². The Morgan fingerprint density at radius 2 is 0.918 bits per heavy atom. The standard InChI is InChI=1S/C44H27N5/c1-2-11-29-26-30(21-20-28(29)10-1)47-36-16-7-4-13-32(36)43-39(47)22-23-40-44(43)33-14-5-8-17-37(33)49(40)42-19-9-18-41(46-42)48-35-15-6-3-12-31(35)34-27-45-25-24-38(34)48/h1-27H. The van der Waals surface area contributed by atoms with E-state index in [0.717, 1.165) is 44.8 Å². The van der Waals surface area contributed by atoms with Crippen LogP contribution in [0.5, 0.6) is 0 Å². The van der Waals surface area contributed by atoms with E-state index >= 15 is 0 Å². The Bertz CT molecular complexity index is 3070. The van der Waals surface area contributed by atoms with Crippen molar-refractivity contribution in [1.29, 1.82) is 0 Å². The minimum atomic E-state index is 0.870. The number of hydrogen-bond acceptors (Lipinski definition) is 2. The summed E-state index contributed by atoms with van der Waals surface area (Å²) in [5.41, 5.74) is 8.00. The maximum atomic E-state index is 5.38. The molecule has 0 N–H and O–H groups in total. The topological polar surface area (TPSA) is 40.6 Å². The smallest absolute Gasteiger partial charge is 0.140 e. The molecule has 5 heteroatoms. The van der Waals surface area contributed by atoms with Gasteiger partial charge >= 0.3 is 0 Å². The van der Waals surface area contributed by atoms with Gasteiger partial charge in [-0.1, -0.05) is 91.0 Å². The number of fused-ring (bicyclic) bond motifs is 11. The van der Waals surface area contributed by atoms with Gasteiger partial charge in [0.05, 0.1) is 33.1 Å². The zero-order chi connectivity index (χ0) is 32.1. The molecule has 6 aromatic carbocycles. The molecule has 228 valence electrons. The number of hydrogen-bond donors (Lipinski definition) is 0. The fourth-order valence-electron chi connectivity index (χ4n) is 8.08. The summed E-state index contributed by atoms with van der Waals surface area (Å²) in [6, 6.07) is 54.3. The Balaban J connectivity index is 1.21. The maximum absolute atomic E-state index is 5.38. The van der Waals surface area contributed by atoms with Crippen LogP contribution in [0.4, 0.5) is 0 Å². The van der Waals surface area contributed by atoms with Crippen LogP contribution in [-0.2, 0) is 0 Å². The first-order valence-corrected chi connectivity index (χ1v) is 16.6. The second-order valence-corrected chi connectivity index (χ2v) is 12.7. The van der Waals surface area contributed by atoms with E-state index in [1.165, 1.54) is 48.7 Å². The van der Waals surface area contributed by atoms with Gasteiger partial charge < -0.3 is 4.57 Å². The van der Waals surface area contributed by atoms with Gasteiger partial charge in [-0.15, -0.1) is 0 Å². The number of nitrogens with zero attached hydrogens (tertiary/aromatic N) is 5. The predicted molar refractivity (Wildman–Crippen MR) is 203 cm³/mol. The molecule has 11 aromatic rings. The summed E-state index contributed by atoms with van der Waals surface area (Å²) in [6.45, 7) is 0. The van der Waals surface area contributed by atoms with Crippen molar-refractivity contribution in [3.8, 4) is 17.3 Å². The van der Waals surface area contributed by atoms with Crippen LogP contribution in [0, 0.1) is 0 Å². The number of pyridine rings is 2. The van der Waals surface area contributed by atoms with Crippen molar-refractivity contribution in [2.45, 2.75) is 0 Å². The summed E-state index contributed by atoms with van der Waals surface area (Å²) >= 11 is 0. The molecule has 11 rings (SSSR count). The molecule has 0 bridgehead atoms. The van der Waals surface area contributed by atoms with Gasteiger partial charge in [0.1, 0.15) is 11.6 Å². The van der Waals surface area contributed by atoms with E-state index in [0.29, 0.717) is 0 Å². The quantitative estimate of drug-likeness (QED) is 0.196. The van der Waals surface area contributed by atoms with Gasteiger partial charge in [0, 0.05) is 50.4 Å². The average molecular weight is 626 g/mol. The lowest BCUT2D eigenvalue weighted by Crippen LogP contribution is -2.03.